The number of Topliss-reactive ketones (excluding diaryl/α,β-unsaturated/α-hetero) is 1. The zero-order chi connectivity index (χ0) is 15.2. The molecule has 4 nitrogen and oxygen atoms in total. The maximum absolute atomic E-state index is 12.0. The summed E-state index contributed by atoms with van der Waals surface area (Å²) in [5.74, 6) is 0.0710. The first kappa shape index (κ1) is 16.2. The van der Waals surface area contributed by atoms with Crippen LogP contribution in [0, 0.1) is 6.92 Å². The first-order chi connectivity index (χ1) is 10.1. The summed E-state index contributed by atoms with van der Waals surface area (Å²) in [4.78, 5) is 28.2. The van der Waals surface area contributed by atoms with Gasteiger partial charge in [0, 0.05) is 30.3 Å². The highest BCUT2D eigenvalue weighted by Gasteiger charge is 2.20. The normalized spacial score (nSPS) is 19.4. The first-order valence-corrected chi connectivity index (χ1v) is 8.51. The van der Waals surface area contributed by atoms with E-state index >= 15 is 0 Å². The van der Waals surface area contributed by atoms with Crippen molar-refractivity contribution in [3.8, 4) is 0 Å². The van der Waals surface area contributed by atoms with Gasteiger partial charge in [-0.3, -0.25) is 9.59 Å². The van der Waals surface area contributed by atoms with E-state index in [2.05, 4.69) is 17.1 Å². The SMILES string of the molecule is CCN1CCC[C@@H](NC(=O)CCC(=O)c2ccc(C)s2)C1. The predicted octanol–water partition coefficient (Wildman–Crippen LogP) is 2.62. The summed E-state index contributed by atoms with van der Waals surface area (Å²) in [5.41, 5.74) is 0. The van der Waals surface area contributed by atoms with Crippen molar-refractivity contribution in [3.05, 3.63) is 21.9 Å². The van der Waals surface area contributed by atoms with Crippen molar-refractivity contribution < 1.29 is 9.59 Å². The summed E-state index contributed by atoms with van der Waals surface area (Å²) in [6.07, 6.45) is 2.76. The van der Waals surface area contributed by atoms with Crippen LogP contribution in [0.3, 0.4) is 0 Å². The molecule has 1 atom stereocenters. The van der Waals surface area contributed by atoms with E-state index in [1.54, 1.807) is 0 Å². The zero-order valence-corrected chi connectivity index (χ0v) is 13.7. The lowest BCUT2D eigenvalue weighted by Gasteiger charge is -2.32. The summed E-state index contributed by atoms with van der Waals surface area (Å²) < 4.78 is 0. The fourth-order valence-corrected chi connectivity index (χ4v) is 3.53. The van der Waals surface area contributed by atoms with Crippen molar-refractivity contribution in [2.45, 2.75) is 45.6 Å². The third-order valence-electron chi connectivity index (χ3n) is 3.91. The highest BCUT2D eigenvalue weighted by molar-refractivity contribution is 7.14. The number of amides is 1. The monoisotopic (exact) mass is 308 g/mol. The van der Waals surface area contributed by atoms with Gasteiger partial charge in [-0.15, -0.1) is 11.3 Å². The van der Waals surface area contributed by atoms with Crippen LogP contribution in [0.4, 0.5) is 0 Å². The number of nitrogens with one attached hydrogen (secondary N) is 1. The van der Waals surface area contributed by atoms with Crippen LogP contribution in [0.2, 0.25) is 0 Å². The molecule has 1 aromatic rings. The largest absolute Gasteiger partial charge is 0.352 e. The molecule has 0 aromatic carbocycles. The summed E-state index contributed by atoms with van der Waals surface area (Å²) in [5, 5.41) is 3.07. The number of aryl methyl sites for hydroxylation is 1. The molecule has 116 valence electrons. The highest BCUT2D eigenvalue weighted by Crippen LogP contribution is 2.17. The maximum Gasteiger partial charge on any atom is 0.220 e. The lowest BCUT2D eigenvalue weighted by atomic mass is 10.1. The van der Waals surface area contributed by atoms with Crippen LogP contribution < -0.4 is 5.32 Å². The van der Waals surface area contributed by atoms with E-state index in [4.69, 9.17) is 0 Å². The minimum Gasteiger partial charge on any atom is -0.352 e. The highest BCUT2D eigenvalue weighted by atomic mass is 32.1. The van der Waals surface area contributed by atoms with Gasteiger partial charge in [0.1, 0.15) is 0 Å². The minimum atomic E-state index is -0.000388. The fourth-order valence-electron chi connectivity index (χ4n) is 2.70. The first-order valence-electron chi connectivity index (χ1n) is 7.70. The van der Waals surface area contributed by atoms with Crippen molar-refractivity contribution in [2.24, 2.45) is 0 Å². The molecule has 2 heterocycles. The Labute approximate surface area is 130 Å². The van der Waals surface area contributed by atoms with E-state index < -0.39 is 0 Å². The lowest BCUT2D eigenvalue weighted by molar-refractivity contribution is -0.122. The standard InChI is InChI=1S/C16H24N2O2S/c1-3-18-10-4-5-13(11-18)17-16(20)9-7-14(19)15-8-6-12(2)21-15/h6,8,13H,3-5,7,9-11H2,1-2H3,(H,17,20)/t13-/m1/s1. The fraction of sp³-hybridized carbons (Fsp3) is 0.625. The van der Waals surface area contributed by atoms with Crippen LogP contribution >= 0.6 is 11.3 Å². The van der Waals surface area contributed by atoms with E-state index in [0.717, 1.165) is 42.2 Å². The predicted molar refractivity (Wildman–Crippen MR) is 85.9 cm³/mol. The molecule has 0 unspecified atom stereocenters. The molecule has 0 spiro atoms. The van der Waals surface area contributed by atoms with Gasteiger partial charge in [0.2, 0.25) is 5.91 Å². The number of nitrogens with zero attached hydrogens (tertiary/aromatic N) is 1. The van der Waals surface area contributed by atoms with Crippen LogP contribution in [-0.4, -0.2) is 42.3 Å². The summed E-state index contributed by atoms with van der Waals surface area (Å²) >= 11 is 1.50. The van der Waals surface area contributed by atoms with Crippen LogP contribution in [0.5, 0.6) is 0 Å². The average Bonchev–Trinajstić information content (AvgIpc) is 2.91. The van der Waals surface area contributed by atoms with Crippen LogP contribution in [0.25, 0.3) is 0 Å². The number of likely N-dealkylation sites (N-methyl/N-ethyl adjacent to an activating group) is 1. The van der Waals surface area contributed by atoms with E-state index in [-0.39, 0.29) is 17.7 Å². The number of thiophene rings is 1. The Morgan fingerprint density at radius 2 is 2.19 bits per heavy atom. The Bertz CT molecular complexity index is 498. The molecule has 0 bridgehead atoms. The number of hydrogen-bond acceptors (Lipinski definition) is 4. The molecule has 2 rings (SSSR count). The molecule has 5 heteroatoms. The number of ketones is 1. The third kappa shape index (κ3) is 4.93. The number of carbonyl (C=O) groups is 2. The Hall–Kier alpha value is -1.20. The van der Waals surface area contributed by atoms with Gasteiger partial charge in [-0.2, -0.15) is 0 Å². The molecule has 0 aliphatic carbocycles. The Balaban J connectivity index is 1.73. The smallest absolute Gasteiger partial charge is 0.220 e. The number of hydrogen-bond donors (Lipinski definition) is 1. The molecular formula is C16H24N2O2S. The van der Waals surface area contributed by atoms with E-state index in [9.17, 15) is 9.59 Å². The summed E-state index contributed by atoms with van der Waals surface area (Å²) in [6.45, 7) is 7.21. The van der Waals surface area contributed by atoms with Crippen molar-refractivity contribution in [1.82, 2.24) is 10.2 Å². The van der Waals surface area contributed by atoms with Gasteiger partial charge in [-0.05, 0) is 45.0 Å². The quantitative estimate of drug-likeness (QED) is 0.822. The van der Waals surface area contributed by atoms with Crippen molar-refractivity contribution >= 4 is 23.0 Å². The van der Waals surface area contributed by atoms with Gasteiger partial charge in [-0.25, -0.2) is 0 Å². The number of carbonyl (C=O) groups excluding carboxylic acids is 2. The lowest BCUT2D eigenvalue weighted by Crippen LogP contribution is -2.47. The molecule has 1 aliphatic heterocycles. The zero-order valence-electron chi connectivity index (χ0n) is 12.9. The van der Waals surface area contributed by atoms with Gasteiger partial charge in [0.25, 0.3) is 0 Å². The van der Waals surface area contributed by atoms with E-state index in [1.165, 1.54) is 11.3 Å². The molecule has 1 saturated heterocycles. The molecule has 1 fully saturated rings. The minimum absolute atomic E-state index is 0.000388. The second-order valence-electron chi connectivity index (χ2n) is 5.63. The molecule has 0 radical (unpaired) electrons. The van der Waals surface area contributed by atoms with Gasteiger partial charge in [-0.1, -0.05) is 6.92 Å². The third-order valence-corrected chi connectivity index (χ3v) is 4.95. The number of likely N-dealkylation sites (tertiary alicyclic amines) is 1. The average molecular weight is 308 g/mol. The van der Waals surface area contributed by atoms with Gasteiger partial charge < -0.3 is 10.2 Å². The topological polar surface area (TPSA) is 49.4 Å². The second kappa shape index (κ2) is 7.71. The van der Waals surface area contributed by atoms with Gasteiger partial charge in [0.05, 0.1) is 4.88 Å². The van der Waals surface area contributed by atoms with E-state index in [1.807, 2.05) is 19.1 Å². The molecule has 1 amide bonds. The Kier molecular flexibility index (Phi) is 5.94. The molecule has 1 aliphatic rings. The van der Waals surface area contributed by atoms with Crippen molar-refractivity contribution in [1.29, 1.82) is 0 Å². The van der Waals surface area contributed by atoms with Crippen LogP contribution in [0.1, 0.15) is 47.2 Å². The Morgan fingerprint density at radius 3 is 2.86 bits per heavy atom. The van der Waals surface area contributed by atoms with Crippen molar-refractivity contribution in [3.63, 3.8) is 0 Å². The van der Waals surface area contributed by atoms with Gasteiger partial charge in [0.15, 0.2) is 5.78 Å². The maximum atomic E-state index is 12.0. The molecule has 1 N–H and O–H groups in total. The summed E-state index contributed by atoms with van der Waals surface area (Å²) in [6, 6.07) is 4.03. The second-order valence-corrected chi connectivity index (χ2v) is 6.92. The van der Waals surface area contributed by atoms with Crippen LogP contribution in [0.15, 0.2) is 12.1 Å². The number of piperidine rings is 1. The molecular weight excluding hydrogens is 284 g/mol. The van der Waals surface area contributed by atoms with Gasteiger partial charge >= 0.3 is 0 Å². The number of rotatable bonds is 6. The van der Waals surface area contributed by atoms with E-state index in [0.29, 0.717) is 12.8 Å². The van der Waals surface area contributed by atoms with Crippen molar-refractivity contribution in [2.75, 3.05) is 19.6 Å². The molecule has 21 heavy (non-hydrogen) atoms. The van der Waals surface area contributed by atoms with Crippen LogP contribution in [-0.2, 0) is 4.79 Å². The summed E-state index contributed by atoms with van der Waals surface area (Å²) in [7, 11) is 0. The Morgan fingerprint density at radius 1 is 1.38 bits per heavy atom. The molecule has 0 saturated carbocycles. The molecule has 1 aromatic heterocycles.